The summed E-state index contributed by atoms with van der Waals surface area (Å²) in [4.78, 5) is 17.5. The highest BCUT2D eigenvalue weighted by Gasteiger charge is 2.35. The minimum atomic E-state index is -3.88. The summed E-state index contributed by atoms with van der Waals surface area (Å²) >= 11 is 1.11. The van der Waals surface area contributed by atoms with Gasteiger partial charge in [0.05, 0.1) is 23.9 Å². The van der Waals surface area contributed by atoms with Crippen molar-refractivity contribution in [1.82, 2.24) is 9.80 Å². The van der Waals surface area contributed by atoms with Crippen LogP contribution in [0.3, 0.4) is 0 Å². The Morgan fingerprint density at radius 1 is 1.02 bits per heavy atom. The summed E-state index contributed by atoms with van der Waals surface area (Å²) in [6.07, 6.45) is -0.374. The van der Waals surface area contributed by atoms with Crippen LogP contribution in [-0.2, 0) is 16.6 Å². The number of benzene rings is 3. The topological polar surface area (TPSA) is 99.2 Å². The van der Waals surface area contributed by atoms with Crippen LogP contribution in [0.2, 0.25) is 0 Å². The molecule has 0 fully saturated rings. The molecule has 8 nitrogen and oxygen atoms in total. The number of rotatable bonds is 10. The van der Waals surface area contributed by atoms with E-state index in [9.17, 15) is 18.3 Å². The van der Waals surface area contributed by atoms with Gasteiger partial charge in [-0.2, -0.15) is 0 Å². The maximum atomic E-state index is 13.7. The molecule has 10 heteroatoms. The molecule has 5 rings (SSSR count). The number of nitrogens with zero attached hydrogens (tertiary/aromatic N) is 2. The number of amides is 1. The number of para-hydroxylation sites is 1. The van der Waals surface area contributed by atoms with Gasteiger partial charge in [0.2, 0.25) is 0 Å². The van der Waals surface area contributed by atoms with Crippen LogP contribution in [-0.4, -0.2) is 68.1 Å². The predicted molar refractivity (Wildman–Crippen MR) is 171 cm³/mol. The molecule has 3 aromatic carbocycles. The molecule has 2 N–H and O–H groups in total. The lowest BCUT2D eigenvalue weighted by atomic mass is 9.98. The van der Waals surface area contributed by atoms with E-state index in [4.69, 9.17) is 4.74 Å². The first-order valence-electron chi connectivity index (χ1n) is 14.3. The second-order valence-corrected chi connectivity index (χ2v) is 14.0. The van der Waals surface area contributed by atoms with Crippen molar-refractivity contribution in [3.05, 3.63) is 101 Å². The monoisotopic (exact) mass is 619 g/mol. The number of likely N-dealkylation sites (N-methyl/N-ethyl adjacent to an activating group) is 1. The molecule has 0 spiro atoms. The fourth-order valence-corrected chi connectivity index (χ4v) is 7.33. The number of aliphatic hydroxyl groups is 1. The SMILES string of the molecule is C[C@H](CO)N1C[C@H](C)[C@@H](CN(C)Cc2ccc(-c3ccccc3)cc2)Oc2c(NS(=O)(=O)c3cccs3)cccc2C1=O. The summed E-state index contributed by atoms with van der Waals surface area (Å²) in [5.74, 6) is -0.234. The Labute approximate surface area is 257 Å². The molecular formula is C33H37N3O5S2. The molecule has 4 aromatic rings. The molecule has 0 saturated heterocycles. The summed E-state index contributed by atoms with van der Waals surface area (Å²) < 4.78 is 35.7. The summed E-state index contributed by atoms with van der Waals surface area (Å²) in [7, 11) is -1.86. The zero-order valence-corrected chi connectivity index (χ0v) is 26.1. The number of aliphatic hydroxyl groups excluding tert-OH is 1. The number of anilines is 1. The molecule has 0 aliphatic carbocycles. The molecule has 0 radical (unpaired) electrons. The Morgan fingerprint density at radius 2 is 1.74 bits per heavy atom. The van der Waals surface area contributed by atoms with Crippen LogP contribution in [0.15, 0.2) is 94.5 Å². The average molecular weight is 620 g/mol. The van der Waals surface area contributed by atoms with Crippen molar-refractivity contribution in [2.45, 2.75) is 36.7 Å². The molecule has 226 valence electrons. The minimum absolute atomic E-state index is 0.115. The maximum Gasteiger partial charge on any atom is 0.271 e. The summed E-state index contributed by atoms with van der Waals surface area (Å²) in [5, 5.41) is 11.7. The molecule has 0 unspecified atom stereocenters. The number of hydrogen-bond acceptors (Lipinski definition) is 7. The van der Waals surface area contributed by atoms with E-state index >= 15 is 0 Å². The number of nitrogens with one attached hydrogen (secondary N) is 1. The Kier molecular flexibility index (Phi) is 9.51. The number of carbonyl (C=O) groups excluding carboxylic acids is 1. The standard InChI is InChI=1S/C33H37N3O5S2/c1-23-19-36(24(2)22-37)33(38)28-11-7-12-29(34-43(39,40)31-13-8-18-42-31)32(28)41-30(23)21-35(3)20-25-14-16-27(17-15-25)26-9-5-4-6-10-26/h4-18,23-24,30,34,37H,19-22H2,1-3H3/t23-,24+,30+/m0/s1. The maximum absolute atomic E-state index is 13.7. The van der Waals surface area contributed by atoms with Gasteiger partial charge >= 0.3 is 0 Å². The number of sulfonamides is 1. The van der Waals surface area contributed by atoms with Crippen molar-refractivity contribution < 1.29 is 23.1 Å². The van der Waals surface area contributed by atoms with Crippen molar-refractivity contribution in [3.8, 4) is 16.9 Å². The smallest absolute Gasteiger partial charge is 0.271 e. The Bertz CT molecular complexity index is 1630. The normalized spacial score (nSPS) is 18.0. The Balaban J connectivity index is 1.41. The van der Waals surface area contributed by atoms with E-state index in [-0.39, 0.29) is 45.7 Å². The molecule has 0 bridgehead atoms. The number of hydrogen-bond donors (Lipinski definition) is 2. The third kappa shape index (κ3) is 7.10. The third-order valence-electron chi connectivity index (χ3n) is 7.70. The highest BCUT2D eigenvalue weighted by Crippen LogP contribution is 2.36. The summed E-state index contributed by atoms with van der Waals surface area (Å²) in [5.41, 5.74) is 3.92. The molecule has 0 saturated carbocycles. The zero-order chi connectivity index (χ0) is 30.6. The molecular weight excluding hydrogens is 583 g/mol. The average Bonchev–Trinajstić information content (AvgIpc) is 3.56. The Hall–Kier alpha value is -3.70. The predicted octanol–water partition coefficient (Wildman–Crippen LogP) is 5.57. The molecule has 1 amide bonds. The lowest BCUT2D eigenvalue weighted by Gasteiger charge is -2.38. The number of fused-ring (bicyclic) bond motifs is 1. The van der Waals surface area contributed by atoms with Crippen LogP contribution < -0.4 is 9.46 Å². The largest absolute Gasteiger partial charge is 0.486 e. The highest BCUT2D eigenvalue weighted by atomic mass is 32.2. The van der Waals surface area contributed by atoms with Crippen molar-refractivity contribution in [2.75, 3.05) is 31.5 Å². The minimum Gasteiger partial charge on any atom is -0.486 e. The van der Waals surface area contributed by atoms with E-state index in [0.29, 0.717) is 19.6 Å². The molecule has 43 heavy (non-hydrogen) atoms. The van der Waals surface area contributed by atoms with Gasteiger partial charge in [-0.3, -0.25) is 14.4 Å². The molecule has 3 atom stereocenters. The van der Waals surface area contributed by atoms with Gasteiger partial charge in [-0.1, -0.05) is 73.7 Å². The second-order valence-electron chi connectivity index (χ2n) is 11.1. The van der Waals surface area contributed by atoms with E-state index in [1.165, 1.54) is 11.6 Å². The lowest BCUT2D eigenvalue weighted by Crippen LogP contribution is -2.49. The van der Waals surface area contributed by atoms with Gasteiger partial charge in [-0.15, -0.1) is 11.3 Å². The van der Waals surface area contributed by atoms with Gasteiger partial charge in [0.15, 0.2) is 5.75 Å². The van der Waals surface area contributed by atoms with Crippen LogP contribution in [0.4, 0.5) is 5.69 Å². The van der Waals surface area contributed by atoms with Gasteiger partial charge in [-0.25, -0.2) is 8.42 Å². The fraction of sp³-hybridized carbons (Fsp3) is 0.303. The molecule has 1 aliphatic rings. The third-order valence-corrected chi connectivity index (χ3v) is 10.5. The second kappa shape index (κ2) is 13.3. The Morgan fingerprint density at radius 3 is 2.42 bits per heavy atom. The van der Waals surface area contributed by atoms with Gasteiger partial charge in [0.25, 0.3) is 15.9 Å². The first-order chi connectivity index (χ1) is 20.7. The van der Waals surface area contributed by atoms with E-state index in [1.54, 1.807) is 41.5 Å². The molecule has 1 aliphatic heterocycles. The van der Waals surface area contributed by atoms with E-state index in [1.807, 2.05) is 32.2 Å². The molecule has 1 aromatic heterocycles. The van der Waals surface area contributed by atoms with Crippen molar-refractivity contribution in [3.63, 3.8) is 0 Å². The van der Waals surface area contributed by atoms with Crippen molar-refractivity contribution >= 4 is 33.0 Å². The quantitative estimate of drug-likeness (QED) is 0.241. The lowest BCUT2D eigenvalue weighted by molar-refractivity contribution is 0.0344. The number of carbonyl (C=O) groups is 1. The van der Waals surface area contributed by atoms with Crippen LogP contribution >= 0.6 is 11.3 Å². The van der Waals surface area contributed by atoms with Crippen LogP contribution in [0.25, 0.3) is 11.1 Å². The van der Waals surface area contributed by atoms with Crippen LogP contribution in [0, 0.1) is 5.92 Å². The zero-order valence-electron chi connectivity index (χ0n) is 24.5. The number of ether oxygens (including phenoxy) is 1. The highest BCUT2D eigenvalue weighted by molar-refractivity contribution is 7.94. The van der Waals surface area contributed by atoms with Gasteiger partial charge in [-0.05, 0) is 54.2 Å². The summed E-state index contributed by atoms with van der Waals surface area (Å²) in [6.45, 7) is 5.22. The van der Waals surface area contributed by atoms with Gasteiger partial charge in [0.1, 0.15) is 10.3 Å². The number of thiophene rings is 1. The van der Waals surface area contributed by atoms with Gasteiger partial charge in [0, 0.05) is 25.6 Å². The van der Waals surface area contributed by atoms with Crippen molar-refractivity contribution in [2.24, 2.45) is 5.92 Å². The first-order valence-corrected chi connectivity index (χ1v) is 16.6. The van der Waals surface area contributed by atoms with Crippen molar-refractivity contribution in [1.29, 1.82) is 0 Å². The van der Waals surface area contributed by atoms with Gasteiger partial charge < -0.3 is 14.7 Å². The molecule has 2 heterocycles. The van der Waals surface area contributed by atoms with Crippen LogP contribution in [0.1, 0.15) is 29.8 Å². The van der Waals surface area contributed by atoms with E-state index in [0.717, 1.165) is 22.5 Å². The van der Waals surface area contributed by atoms with Crippen LogP contribution in [0.5, 0.6) is 5.75 Å². The van der Waals surface area contributed by atoms with E-state index < -0.39 is 16.1 Å². The van der Waals surface area contributed by atoms with E-state index in [2.05, 4.69) is 46.0 Å². The fourth-order valence-electron chi connectivity index (χ4n) is 5.27. The summed E-state index contributed by atoms with van der Waals surface area (Å²) in [6, 6.07) is 26.4. The first kappa shape index (κ1) is 30.7.